The molecule has 0 saturated carbocycles. The fourth-order valence-electron chi connectivity index (χ4n) is 1.98. The Morgan fingerprint density at radius 3 is 2.71 bits per heavy atom. The van der Waals surface area contributed by atoms with Gasteiger partial charge in [0.25, 0.3) is 0 Å². The summed E-state index contributed by atoms with van der Waals surface area (Å²) in [5, 5.41) is 4.86. The number of carbonyl (C=O) groups is 1. The van der Waals surface area contributed by atoms with E-state index in [0.717, 1.165) is 28.9 Å². The number of nitrogens with one attached hydrogen (secondary N) is 1. The van der Waals surface area contributed by atoms with Crippen LogP contribution in [-0.2, 0) is 4.79 Å². The lowest BCUT2D eigenvalue weighted by atomic mass is 10.1. The van der Waals surface area contributed by atoms with Crippen LogP contribution in [0.2, 0.25) is 0 Å². The number of rotatable bonds is 6. The number of hydrogen-bond acceptors (Lipinski definition) is 3. The van der Waals surface area contributed by atoms with Gasteiger partial charge in [0.2, 0.25) is 5.91 Å². The molecule has 112 valence electrons. The molecule has 3 nitrogen and oxygen atoms in total. The van der Waals surface area contributed by atoms with E-state index in [0.29, 0.717) is 5.92 Å². The molecule has 0 radical (unpaired) electrons. The summed E-state index contributed by atoms with van der Waals surface area (Å²) < 4.78 is 0. The molecule has 1 atom stereocenters. The first-order chi connectivity index (χ1) is 10.1. The van der Waals surface area contributed by atoms with E-state index in [9.17, 15) is 4.79 Å². The Morgan fingerprint density at radius 1 is 1.19 bits per heavy atom. The average Bonchev–Trinajstić information content (AvgIpc) is 2.46. The highest BCUT2D eigenvalue weighted by Crippen LogP contribution is 2.23. The number of pyridine rings is 1. The van der Waals surface area contributed by atoms with Gasteiger partial charge in [-0.05, 0) is 31.4 Å². The van der Waals surface area contributed by atoms with Crippen molar-refractivity contribution in [3.05, 3.63) is 36.4 Å². The van der Waals surface area contributed by atoms with Gasteiger partial charge in [-0.1, -0.05) is 49.9 Å². The van der Waals surface area contributed by atoms with E-state index >= 15 is 0 Å². The first-order valence-electron chi connectivity index (χ1n) is 7.36. The summed E-state index contributed by atoms with van der Waals surface area (Å²) in [6.45, 7) is 6.98. The zero-order valence-electron chi connectivity index (χ0n) is 12.8. The van der Waals surface area contributed by atoms with E-state index in [1.807, 2.05) is 43.3 Å². The highest BCUT2D eigenvalue weighted by atomic mass is 32.2. The molecule has 4 heteroatoms. The van der Waals surface area contributed by atoms with E-state index < -0.39 is 0 Å². The molecule has 0 bridgehead atoms. The summed E-state index contributed by atoms with van der Waals surface area (Å²) in [5.74, 6) is 0.686. The summed E-state index contributed by atoms with van der Waals surface area (Å²) in [7, 11) is 0. The minimum atomic E-state index is -0.133. The van der Waals surface area contributed by atoms with Crippen molar-refractivity contribution in [3.8, 4) is 0 Å². The van der Waals surface area contributed by atoms with Crippen LogP contribution in [-0.4, -0.2) is 22.7 Å². The van der Waals surface area contributed by atoms with Crippen LogP contribution in [0, 0.1) is 5.92 Å². The molecule has 1 aromatic heterocycles. The molecule has 0 aliphatic heterocycles. The van der Waals surface area contributed by atoms with Crippen molar-refractivity contribution in [2.45, 2.75) is 37.5 Å². The van der Waals surface area contributed by atoms with Crippen molar-refractivity contribution in [2.24, 2.45) is 5.92 Å². The molecule has 0 aliphatic carbocycles. The topological polar surface area (TPSA) is 42.0 Å². The molecule has 1 unspecified atom stereocenters. The molecule has 0 saturated heterocycles. The first kappa shape index (κ1) is 15.8. The Labute approximate surface area is 130 Å². The lowest BCUT2D eigenvalue weighted by Gasteiger charge is -2.12. The van der Waals surface area contributed by atoms with Gasteiger partial charge in [-0.3, -0.25) is 4.79 Å². The van der Waals surface area contributed by atoms with Crippen LogP contribution < -0.4 is 5.32 Å². The van der Waals surface area contributed by atoms with Crippen molar-refractivity contribution < 1.29 is 4.79 Å². The summed E-state index contributed by atoms with van der Waals surface area (Å²) in [5.41, 5.74) is 0.968. The Bertz CT molecular complexity index is 613. The van der Waals surface area contributed by atoms with Gasteiger partial charge >= 0.3 is 0 Å². The molecule has 1 N–H and O–H groups in total. The fourth-order valence-corrected chi connectivity index (χ4v) is 2.83. The third kappa shape index (κ3) is 4.74. The molecule has 0 fully saturated rings. The molecule has 2 aromatic rings. The van der Waals surface area contributed by atoms with Crippen LogP contribution in [0.3, 0.4) is 0 Å². The predicted octanol–water partition coefficient (Wildman–Crippen LogP) is 3.88. The summed E-state index contributed by atoms with van der Waals surface area (Å²) in [6, 6.07) is 12.0. The molecule has 1 amide bonds. The number of benzene rings is 1. The number of thioether (sulfide) groups is 1. The first-order valence-corrected chi connectivity index (χ1v) is 8.24. The Kier molecular flexibility index (Phi) is 5.62. The van der Waals surface area contributed by atoms with Gasteiger partial charge in [-0.25, -0.2) is 4.98 Å². The van der Waals surface area contributed by atoms with E-state index in [2.05, 4.69) is 24.1 Å². The molecular weight excluding hydrogens is 280 g/mol. The Hall–Kier alpha value is -1.55. The van der Waals surface area contributed by atoms with E-state index in [1.165, 1.54) is 11.8 Å². The normalized spacial score (nSPS) is 12.6. The van der Waals surface area contributed by atoms with Crippen molar-refractivity contribution in [1.82, 2.24) is 10.3 Å². The molecular formula is C17H22N2OS. The molecule has 21 heavy (non-hydrogen) atoms. The highest BCUT2D eigenvalue weighted by molar-refractivity contribution is 8.00. The number of fused-ring (bicyclic) bond motifs is 1. The van der Waals surface area contributed by atoms with Gasteiger partial charge < -0.3 is 5.32 Å². The van der Waals surface area contributed by atoms with Crippen LogP contribution in [0.4, 0.5) is 0 Å². The number of aromatic nitrogens is 1. The van der Waals surface area contributed by atoms with E-state index in [-0.39, 0.29) is 11.2 Å². The number of hydrogen-bond donors (Lipinski definition) is 1. The number of para-hydroxylation sites is 1. The maximum absolute atomic E-state index is 12.0. The van der Waals surface area contributed by atoms with Crippen LogP contribution in [0.15, 0.2) is 41.4 Å². The van der Waals surface area contributed by atoms with Gasteiger partial charge in [0, 0.05) is 11.9 Å². The van der Waals surface area contributed by atoms with Crippen molar-refractivity contribution >= 4 is 28.6 Å². The fraction of sp³-hybridized carbons (Fsp3) is 0.412. The molecule has 0 aliphatic rings. The number of nitrogens with zero attached hydrogens (tertiary/aromatic N) is 1. The van der Waals surface area contributed by atoms with Crippen LogP contribution in [0.5, 0.6) is 0 Å². The van der Waals surface area contributed by atoms with Crippen molar-refractivity contribution in [1.29, 1.82) is 0 Å². The SMILES string of the molecule is CC(C)CCNC(=O)C(C)Sc1ccc2ccccc2n1. The van der Waals surface area contributed by atoms with Crippen LogP contribution in [0.1, 0.15) is 27.2 Å². The van der Waals surface area contributed by atoms with Gasteiger partial charge in [-0.15, -0.1) is 0 Å². The summed E-state index contributed by atoms with van der Waals surface area (Å²) in [6.07, 6.45) is 1.01. The second-order valence-corrected chi connectivity index (χ2v) is 6.94. The van der Waals surface area contributed by atoms with Crippen LogP contribution in [0.25, 0.3) is 10.9 Å². The lowest BCUT2D eigenvalue weighted by Crippen LogP contribution is -2.32. The third-order valence-corrected chi connectivity index (χ3v) is 4.30. The van der Waals surface area contributed by atoms with Gasteiger partial charge in [0.1, 0.15) is 0 Å². The predicted molar refractivity (Wildman–Crippen MR) is 89.5 cm³/mol. The maximum atomic E-state index is 12.0. The molecule has 0 spiro atoms. The second-order valence-electron chi connectivity index (χ2n) is 5.58. The van der Waals surface area contributed by atoms with Crippen molar-refractivity contribution in [2.75, 3.05) is 6.54 Å². The molecule has 1 heterocycles. The quantitative estimate of drug-likeness (QED) is 0.823. The van der Waals surface area contributed by atoms with Gasteiger partial charge in [-0.2, -0.15) is 0 Å². The second kappa shape index (κ2) is 7.46. The maximum Gasteiger partial charge on any atom is 0.233 e. The molecule has 2 rings (SSSR count). The molecule has 1 aromatic carbocycles. The Morgan fingerprint density at radius 2 is 1.95 bits per heavy atom. The van der Waals surface area contributed by atoms with Gasteiger partial charge in [0.15, 0.2) is 0 Å². The summed E-state index contributed by atoms with van der Waals surface area (Å²) in [4.78, 5) is 16.6. The average molecular weight is 302 g/mol. The zero-order valence-corrected chi connectivity index (χ0v) is 13.6. The standard InChI is InChI=1S/C17H22N2OS/c1-12(2)10-11-18-17(20)13(3)21-16-9-8-14-6-4-5-7-15(14)19-16/h4-9,12-13H,10-11H2,1-3H3,(H,18,20). The highest BCUT2D eigenvalue weighted by Gasteiger charge is 2.14. The zero-order chi connectivity index (χ0) is 15.2. The lowest BCUT2D eigenvalue weighted by molar-refractivity contribution is -0.120. The number of carbonyl (C=O) groups excluding carboxylic acids is 1. The van der Waals surface area contributed by atoms with Gasteiger partial charge in [0.05, 0.1) is 15.8 Å². The smallest absolute Gasteiger partial charge is 0.233 e. The minimum Gasteiger partial charge on any atom is -0.355 e. The minimum absolute atomic E-state index is 0.0793. The largest absolute Gasteiger partial charge is 0.355 e. The van der Waals surface area contributed by atoms with E-state index in [1.54, 1.807) is 0 Å². The Balaban J connectivity index is 1.94. The van der Waals surface area contributed by atoms with Crippen LogP contribution >= 0.6 is 11.8 Å². The monoisotopic (exact) mass is 302 g/mol. The number of amides is 1. The van der Waals surface area contributed by atoms with Crippen molar-refractivity contribution in [3.63, 3.8) is 0 Å². The third-order valence-electron chi connectivity index (χ3n) is 3.26. The van der Waals surface area contributed by atoms with E-state index in [4.69, 9.17) is 0 Å². The summed E-state index contributed by atoms with van der Waals surface area (Å²) >= 11 is 1.50.